The molecular formula is C21H22N6O. The van der Waals surface area contributed by atoms with Crippen LogP contribution in [0.1, 0.15) is 6.92 Å². The van der Waals surface area contributed by atoms with Gasteiger partial charge in [-0.05, 0) is 24.6 Å². The Morgan fingerprint density at radius 2 is 2.00 bits per heavy atom. The van der Waals surface area contributed by atoms with Gasteiger partial charge < -0.3 is 19.9 Å². The average Bonchev–Trinajstić information content (AvgIpc) is 3.13. The standard InChI is InChI=1S/C21H22N6O/c1-2-28-20-19-18(25-21(26-20)27-10-8-22-9-11-27)16-6-5-14(12-17(16)24-19)15-4-3-7-23-13-15/h3-7,12-13,22,24H,2,8-11H2,1H3. The van der Waals surface area contributed by atoms with Gasteiger partial charge in [0, 0.05) is 55.0 Å². The number of aromatic amines is 1. The first kappa shape index (κ1) is 16.9. The van der Waals surface area contributed by atoms with E-state index in [0.29, 0.717) is 12.5 Å². The summed E-state index contributed by atoms with van der Waals surface area (Å²) in [5.74, 6) is 1.34. The minimum Gasteiger partial charge on any atom is -0.476 e. The molecule has 0 atom stereocenters. The van der Waals surface area contributed by atoms with E-state index in [1.807, 2.05) is 19.2 Å². The van der Waals surface area contributed by atoms with E-state index in [1.54, 1.807) is 6.20 Å². The summed E-state index contributed by atoms with van der Waals surface area (Å²) < 4.78 is 5.86. The SMILES string of the molecule is CCOc1nc(N2CCNCC2)nc2c1[nH]c1cc(-c3cccnc3)ccc12. The second-order valence-corrected chi connectivity index (χ2v) is 6.85. The van der Waals surface area contributed by atoms with E-state index in [2.05, 4.69) is 44.5 Å². The Labute approximate surface area is 162 Å². The van der Waals surface area contributed by atoms with Crippen molar-refractivity contribution in [3.63, 3.8) is 0 Å². The molecule has 3 aromatic heterocycles. The van der Waals surface area contributed by atoms with E-state index in [1.165, 1.54) is 0 Å². The number of hydrogen-bond acceptors (Lipinski definition) is 6. The number of ether oxygens (including phenoxy) is 1. The molecule has 1 aromatic carbocycles. The lowest BCUT2D eigenvalue weighted by Gasteiger charge is -2.27. The molecule has 1 fully saturated rings. The highest BCUT2D eigenvalue weighted by atomic mass is 16.5. The lowest BCUT2D eigenvalue weighted by molar-refractivity contribution is 0.330. The Balaban J connectivity index is 1.67. The summed E-state index contributed by atoms with van der Waals surface area (Å²) in [5.41, 5.74) is 4.96. The number of fused-ring (bicyclic) bond motifs is 3. The number of benzene rings is 1. The predicted octanol–water partition coefficient (Wildman–Crippen LogP) is 2.98. The summed E-state index contributed by atoms with van der Waals surface area (Å²) in [7, 11) is 0. The predicted molar refractivity (Wildman–Crippen MR) is 111 cm³/mol. The minimum atomic E-state index is 0.559. The number of nitrogens with one attached hydrogen (secondary N) is 2. The van der Waals surface area contributed by atoms with Crippen molar-refractivity contribution in [1.29, 1.82) is 0 Å². The van der Waals surface area contributed by atoms with Gasteiger partial charge in [0.25, 0.3) is 0 Å². The lowest BCUT2D eigenvalue weighted by Crippen LogP contribution is -2.44. The number of rotatable bonds is 4. The van der Waals surface area contributed by atoms with Crippen LogP contribution in [0.3, 0.4) is 0 Å². The summed E-state index contributed by atoms with van der Waals surface area (Å²) >= 11 is 0. The van der Waals surface area contributed by atoms with Gasteiger partial charge in [-0.3, -0.25) is 4.98 Å². The van der Waals surface area contributed by atoms with Gasteiger partial charge in [-0.15, -0.1) is 0 Å². The van der Waals surface area contributed by atoms with Gasteiger partial charge in [-0.1, -0.05) is 18.2 Å². The molecule has 1 saturated heterocycles. The fourth-order valence-corrected chi connectivity index (χ4v) is 3.69. The monoisotopic (exact) mass is 374 g/mol. The molecule has 0 bridgehead atoms. The Kier molecular flexibility index (Phi) is 4.29. The van der Waals surface area contributed by atoms with Crippen molar-refractivity contribution in [3.8, 4) is 17.0 Å². The second-order valence-electron chi connectivity index (χ2n) is 6.85. The van der Waals surface area contributed by atoms with Gasteiger partial charge in [0.05, 0.1) is 6.61 Å². The molecule has 7 heteroatoms. The largest absolute Gasteiger partial charge is 0.476 e. The molecule has 28 heavy (non-hydrogen) atoms. The molecule has 0 saturated carbocycles. The van der Waals surface area contributed by atoms with Crippen LogP contribution in [0.5, 0.6) is 5.88 Å². The number of hydrogen-bond donors (Lipinski definition) is 2. The Hall–Kier alpha value is -3.19. The molecule has 0 amide bonds. The van der Waals surface area contributed by atoms with Crippen LogP contribution in [0.25, 0.3) is 33.1 Å². The normalized spacial score (nSPS) is 14.7. The summed E-state index contributed by atoms with van der Waals surface area (Å²) in [6.45, 7) is 6.20. The number of pyridine rings is 1. The molecule has 5 rings (SSSR count). The first-order chi connectivity index (χ1) is 13.8. The molecule has 2 N–H and O–H groups in total. The Bertz CT molecular complexity index is 1120. The third kappa shape index (κ3) is 2.93. The molecule has 0 unspecified atom stereocenters. The third-order valence-corrected chi connectivity index (χ3v) is 5.07. The van der Waals surface area contributed by atoms with Gasteiger partial charge in [-0.25, -0.2) is 4.98 Å². The highest BCUT2D eigenvalue weighted by Gasteiger charge is 2.19. The van der Waals surface area contributed by atoms with Gasteiger partial charge >= 0.3 is 0 Å². The molecule has 1 aliphatic heterocycles. The summed E-state index contributed by atoms with van der Waals surface area (Å²) in [6, 6.07) is 10.4. The minimum absolute atomic E-state index is 0.559. The summed E-state index contributed by atoms with van der Waals surface area (Å²) in [5, 5.41) is 4.44. The van der Waals surface area contributed by atoms with Gasteiger partial charge in [0.2, 0.25) is 11.8 Å². The topological polar surface area (TPSA) is 79.0 Å². The average molecular weight is 374 g/mol. The fraction of sp³-hybridized carbons (Fsp3) is 0.286. The van der Waals surface area contributed by atoms with E-state index in [0.717, 1.165) is 65.2 Å². The maximum Gasteiger partial charge on any atom is 0.243 e. The zero-order chi connectivity index (χ0) is 18.9. The van der Waals surface area contributed by atoms with Crippen LogP contribution in [0.4, 0.5) is 5.95 Å². The number of nitrogens with zero attached hydrogens (tertiary/aromatic N) is 4. The molecule has 4 aromatic rings. The van der Waals surface area contributed by atoms with Crippen LogP contribution in [0.2, 0.25) is 0 Å². The molecule has 0 spiro atoms. The molecule has 7 nitrogen and oxygen atoms in total. The van der Waals surface area contributed by atoms with Crippen molar-refractivity contribution < 1.29 is 4.74 Å². The summed E-state index contributed by atoms with van der Waals surface area (Å²) in [6.07, 6.45) is 3.66. The van der Waals surface area contributed by atoms with E-state index < -0.39 is 0 Å². The van der Waals surface area contributed by atoms with Crippen LogP contribution >= 0.6 is 0 Å². The van der Waals surface area contributed by atoms with Gasteiger partial charge in [0.1, 0.15) is 11.0 Å². The highest BCUT2D eigenvalue weighted by molar-refractivity contribution is 6.07. The van der Waals surface area contributed by atoms with Crippen LogP contribution in [0.15, 0.2) is 42.7 Å². The maximum absolute atomic E-state index is 5.86. The van der Waals surface area contributed by atoms with Crippen molar-refractivity contribution >= 4 is 27.9 Å². The van der Waals surface area contributed by atoms with Crippen LogP contribution in [0, 0.1) is 0 Å². The number of H-pyrrole nitrogens is 1. The van der Waals surface area contributed by atoms with Crippen LogP contribution in [-0.4, -0.2) is 52.7 Å². The molecular weight excluding hydrogens is 352 g/mol. The number of anilines is 1. The van der Waals surface area contributed by atoms with Crippen molar-refractivity contribution in [1.82, 2.24) is 25.3 Å². The van der Waals surface area contributed by atoms with Crippen molar-refractivity contribution in [2.45, 2.75) is 6.92 Å². The first-order valence-corrected chi connectivity index (χ1v) is 9.66. The fourth-order valence-electron chi connectivity index (χ4n) is 3.69. The third-order valence-electron chi connectivity index (χ3n) is 5.07. The van der Waals surface area contributed by atoms with Crippen molar-refractivity contribution in [2.24, 2.45) is 0 Å². The molecule has 1 aliphatic rings. The summed E-state index contributed by atoms with van der Waals surface area (Å²) in [4.78, 5) is 19.5. The van der Waals surface area contributed by atoms with E-state index >= 15 is 0 Å². The lowest BCUT2D eigenvalue weighted by atomic mass is 10.1. The van der Waals surface area contributed by atoms with E-state index in [-0.39, 0.29) is 0 Å². The zero-order valence-electron chi connectivity index (χ0n) is 15.8. The van der Waals surface area contributed by atoms with Crippen LogP contribution < -0.4 is 15.0 Å². The Morgan fingerprint density at radius 3 is 2.79 bits per heavy atom. The number of piperazine rings is 1. The Morgan fingerprint density at radius 1 is 1.11 bits per heavy atom. The van der Waals surface area contributed by atoms with E-state index in [9.17, 15) is 0 Å². The first-order valence-electron chi connectivity index (χ1n) is 9.66. The zero-order valence-corrected chi connectivity index (χ0v) is 15.8. The van der Waals surface area contributed by atoms with Crippen molar-refractivity contribution in [3.05, 3.63) is 42.7 Å². The smallest absolute Gasteiger partial charge is 0.243 e. The maximum atomic E-state index is 5.86. The second kappa shape index (κ2) is 7.09. The van der Waals surface area contributed by atoms with Crippen molar-refractivity contribution in [2.75, 3.05) is 37.7 Å². The van der Waals surface area contributed by atoms with Gasteiger partial charge in [-0.2, -0.15) is 4.98 Å². The molecule has 4 heterocycles. The highest BCUT2D eigenvalue weighted by Crippen LogP contribution is 2.33. The van der Waals surface area contributed by atoms with Crippen LogP contribution in [-0.2, 0) is 0 Å². The quantitative estimate of drug-likeness (QED) is 0.572. The van der Waals surface area contributed by atoms with Gasteiger partial charge in [0.15, 0.2) is 0 Å². The molecule has 0 radical (unpaired) electrons. The van der Waals surface area contributed by atoms with E-state index in [4.69, 9.17) is 14.7 Å². The number of aromatic nitrogens is 4. The molecule has 142 valence electrons. The molecule has 0 aliphatic carbocycles.